The van der Waals surface area contributed by atoms with Crippen LogP contribution in [0.4, 0.5) is 4.39 Å². The van der Waals surface area contributed by atoms with Crippen LogP contribution < -0.4 is 11.2 Å². The second kappa shape index (κ2) is 8.48. The first-order chi connectivity index (χ1) is 12.6. The number of aromatic nitrogens is 3. The maximum Gasteiger partial charge on any atom is 0.230 e. The molecule has 1 aromatic heterocycles. The van der Waals surface area contributed by atoms with E-state index >= 15 is 0 Å². The van der Waals surface area contributed by atoms with Crippen molar-refractivity contribution in [1.29, 1.82) is 0 Å². The molecule has 0 aliphatic carbocycles. The fraction of sp³-hybridized carbons (Fsp3) is 0.167. The topological polar surface area (TPSA) is 85.8 Å². The van der Waals surface area contributed by atoms with E-state index in [-0.39, 0.29) is 17.5 Å². The van der Waals surface area contributed by atoms with Crippen LogP contribution in [0.2, 0.25) is 0 Å². The van der Waals surface area contributed by atoms with Crippen LogP contribution >= 0.6 is 11.8 Å². The van der Waals surface area contributed by atoms with Gasteiger partial charge in [-0.3, -0.25) is 4.79 Å². The summed E-state index contributed by atoms with van der Waals surface area (Å²) in [6, 6.07) is 15.9. The Morgan fingerprint density at radius 1 is 1.15 bits per heavy atom. The van der Waals surface area contributed by atoms with Crippen molar-refractivity contribution >= 4 is 17.7 Å². The van der Waals surface area contributed by atoms with Crippen molar-refractivity contribution in [2.45, 2.75) is 11.6 Å². The van der Waals surface area contributed by atoms with Crippen LogP contribution in [0, 0.1) is 5.82 Å². The Bertz CT molecular complexity index is 884. The molecule has 0 unspecified atom stereocenters. The molecule has 0 fully saturated rings. The fourth-order valence-corrected chi connectivity index (χ4v) is 3.06. The van der Waals surface area contributed by atoms with Gasteiger partial charge < -0.3 is 11.2 Å². The molecule has 0 aliphatic rings. The summed E-state index contributed by atoms with van der Waals surface area (Å²) in [6.07, 6.45) is 0.772. The van der Waals surface area contributed by atoms with Gasteiger partial charge in [-0.15, -0.1) is 10.2 Å². The van der Waals surface area contributed by atoms with Gasteiger partial charge in [0.05, 0.1) is 5.75 Å². The first-order valence-electron chi connectivity index (χ1n) is 8.03. The average molecular weight is 371 g/mol. The number of nitrogens with two attached hydrogens (primary N) is 1. The predicted molar refractivity (Wildman–Crippen MR) is 99.4 cm³/mol. The van der Waals surface area contributed by atoms with Gasteiger partial charge in [-0.2, -0.15) is 0 Å². The minimum Gasteiger partial charge on any atom is -0.355 e. The van der Waals surface area contributed by atoms with E-state index in [1.165, 1.54) is 34.1 Å². The maximum atomic E-state index is 13.3. The fourth-order valence-electron chi connectivity index (χ4n) is 2.37. The molecule has 0 radical (unpaired) electrons. The lowest BCUT2D eigenvalue weighted by atomic mass is 10.1. The number of carbonyl (C=O) groups is 1. The summed E-state index contributed by atoms with van der Waals surface area (Å²) >= 11 is 1.18. The van der Waals surface area contributed by atoms with Crippen molar-refractivity contribution in [3.63, 3.8) is 0 Å². The van der Waals surface area contributed by atoms with Gasteiger partial charge in [0.25, 0.3) is 0 Å². The van der Waals surface area contributed by atoms with Gasteiger partial charge in [0.15, 0.2) is 5.82 Å². The Morgan fingerprint density at radius 2 is 1.96 bits per heavy atom. The smallest absolute Gasteiger partial charge is 0.230 e. The molecule has 0 spiro atoms. The summed E-state index contributed by atoms with van der Waals surface area (Å²) in [5.41, 5.74) is 1.70. The molecule has 3 N–H and O–H groups in total. The number of thioether (sulfide) groups is 1. The second-order valence-corrected chi connectivity index (χ2v) is 6.50. The van der Waals surface area contributed by atoms with Crippen molar-refractivity contribution in [3.05, 3.63) is 66.0 Å². The molecule has 6 nitrogen and oxygen atoms in total. The van der Waals surface area contributed by atoms with E-state index in [4.69, 9.17) is 5.84 Å². The highest BCUT2D eigenvalue weighted by Crippen LogP contribution is 2.21. The molecule has 3 aromatic rings. The minimum absolute atomic E-state index is 0.110. The normalized spacial score (nSPS) is 10.7. The van der Waals surface area contributed by atoms with Crippen LogP contribution in [0.1, 0.15) is 5.56 Å². The number of benzene rings is 2. The van der Waals surface area contributed by atoms with Crippen molar-refractivity contribution in [1.82, 2.24) is 20.2 Å². The monoisotopic (exact) mass is 371 g/mol. The average Bonchev–Trinajstić information content (AvgIpc) is 3.01. The number of nitrogens with one attached hydrogen (secondary N) is 1. The van der Waals surface area contributed by atoms with Crippen LogP contribution in [0.25, 0.3) is 11.4 Å². The van der Waals surface area contributed by atoms with E-state index in [9.17, 15) is 9.18 Å². The van der Waals surface area contributed by atoms with E-state index in [2.05, 4.69) is 15.5 Å². The molecule has 8 heteroatoms. The lowest BCUT2D eigenvalue weighted by Crippen LogP contribution is -2.27. The van der Waals surface area contributed by atoms with Gasteiger partial charge >= 0.3 is 0 Å². The Hall–Kier alpha value is -2.87. The third-order valence-corrected chi connectivity index (χ3v) is 4.60. The molecule has 0 aliphatic heterocycles. The lowest BCUT2D eigenvalue weighted by Gasteiger charge is -2.06. The molecule has 134 valence electrons. The third-order valence-electron chi connectivity index (χ3n) is 3.66. The first kappa shape index (κ1) is 17.9. The summed E-state index contributed by atoms with van der Waals surface area (Å²) in [6.45, 7) is 0.563. The number of hydrogen-bond acceptors (Lipinski definition) is 5. The molecule has 1 amide bonds. The predicted octanol–water partition coefficient (Wildman–Crippen LogP) is 2.25. The van der Waals surface area contributed by atoms with Gasteiger partial charge in [-0.25, -0.2) is 9.07 Å². The molecule has 1 heterocycles. The van der Waals surface area contributed by atoms with Crippen LogP contribution in [-0.2, 0) is 11.2 Å². The molecule has 26 heavy (non-hydrogen) atoms. The maximum absolute atomic E-state index is 13.3. The Kier molecular flexibility index (Phi) is 5.85. The van der Waals surface area contributed by atoms with E-state index in [1.54, 1.807) is 12.1 Å². The lowest BCUT2D eigenvalue weighted by molar-refractivity contribution is -0.118. The van der Waals surface area contributed by atoms with Gasteiger partial charge in [-0.05, 0) is 24.1 Å². The molecular formula is C18H18FN5OS. The molecule has 2 aromatic carbocycles. The number of carbonyl (C=O) groups excluding carboxylic acids is 1. The number of amides is 1. The van der Waals surface area contributed by atoms with Crippen molar-refractivity contribution in [3.8, 4) is 11.4 Å². The number of halogens is 1. The molecule has 0 saturated heterocycles. The molecule has 0 bridgehead atoms. The minimum atomic E-state index is -0.377. The van der Waals surface area contributed by atoms with E-state index in [0.717, 1.165) is 6.42 Å². The van der Waals surface area contributed by atoms with E-state index < -0.39 is 0 Å². The summed E-state index contributed by atoms with van der Waals surface area (Å²) in [7, 11) is 0. The van der Waals surface area contributed by atoms with Crippen LogP contribution in [0.3, 0.4) is 0 Å². The van der Waals surface area contributed by atoms with E-state index in [0.29, 0.717) is 23.1 Å². The standard InChI is InChI=1S/C18H18FN5OS/c19-15-8-4-7-14(11-15)17-22-23-18(24(17)20)26-12-16(25)21-10-9-13-5-2-1-3-6-13/h1-8,11H,9-10,12,20H2,(H,21,25). The second-order valence-electron chi connectivity index (χ2n) is 5.56. The van der Waals surface area contributed by atoms with Gasteiger partial charge in [0, 0.05) is 12.1 Å². The Morgan fingerprint density at radius 3 is 2.73 bits per heavy atom. The molecule has 3 rings (SSSR count). The summed E-state index contributed by atoms with van der Waals surface area (Å²) < 4.78 is 14.6. The summed E-state index contributed by atoms with van der Waals surface area (Å²) in [5, 5.41) is 11.2. The zero-order chi connectivity index (χ0) is 18.4. The quantitative estimate of drug-likeness (QED) is 0.491. The van der Waals surface area contributed by atoms with Crippen LogP contribution in [0.5, 0.6) is 0 Å². The van der Waals surface area contributed by atoms with Gasteiger partial charge in [0.1, 0.15) is 5.82 Å². The zero-order valence-corrected chi connectivity index (χ0v) is 14.7. The molecular weight excluding hydrogens is 353 g/mol. The highest BCUT2D eigenvalue weighted by atomic mass is 32.2. The van der Waals surface area contributed by atoms with Crippen molar-refractivity contribution < 1.29 is 9.18 Å². The molecule has 0 saturated carbocycles. The largest absolute Gasteiger partial charge is 0.355 e. The highest BCUT2D eigenvalue weighted by molar-refractivity contribution is 7.99. The number of nitrogen functional groups attached to an aromatic ring is 1. The Balaban J connectivity index is 1.51. The van der Waals surface area contributed by atoms with Gasteiger partial charge in [0.2, 0.25) is 11.1 Å². The van der Waals surface area contributed by atoms with E-state index in [1.807, 2.05) is 30.3 Å². The van der Waals surface area contributed by atoms with Crippen molar-refractivity contribution in [2.24, 2.45) is 0 Å². The van der Waals surface area contributed by atoms with Crippen LogP contribution in [-0.4, -0.2) is 33.1 Å². The number of nitrogens with zero attached hydrogens (tertiary/aromatic N) is 3. The molecule has 0 atom stereocenters. The Labute approximate surface area is 154 Å². The van der Waals surface area contributed by atoms with Crippen LogP contribution in [0.15, 0.2) is 59.8 Å². The summed E-state index contributed by atoms with van der Waals surface area (Å²) in [4.78, 5) is 12.0. The van der Waals surface area contributed by atoms with Gasteiger partial charge in [-0.1, -0.05) is 54.2 Å². The van der Waals surface area contributed by atoms with Crippen molar-refractivity contribution in [2.75, 3.05) is 18.1 Å². The SMILES string of the molecule is Nn1c(SCC(=O)NCCc2ccccc2)nnc1-c1cccc(F)c1. The third kappa shape index (κ3) is 4.60. The first-order valence-corrected chi connectivity index (χ1v) is 9.02. The zero-order valence-electron chi connectivity index (χ0n) is 13.9. The number of rotatable bonds is 7. The highest BCUT2D eigenvalue weighted by Gasteiger charge is 2.14. The summed E-state index contributed by atoms with van der Waals surface area (Å²) in [5.74, 6) is 6.00. The number of hydrogen-bond donors (Lipinski definition) is 2.